The lowest BCUT2D eigenvalue weighted by Gasteiger charge is -2.39. The van der Waals surface area contributed by atoms with Gasteiger partial charge >= 0.3 is 0 Å². The van der Waals surface area contributed by atoms with Crippen molar-refractivity contribution < 1.29 is 0 Å². The molecule has 8 rings (SSSR count). The average molecular weight is 569 g/mol. The largest absolute Gasteiger partial charge is 0.180 e. The van der Waals surface area contributed by atoms with Crippen molar-refractivity contribution in [2.24, 2.45) is 0 Å². The van der Waals surface area contributed by atoms with Gasteiger partial charge in [-0.15, -0.1) is 0 Å². The van der Waals surface area contributed by atoms with E-state index >= 15 is 0 Å². The molecule has 208 valence electrons. The summed E-state index contributed by atoms with van der Waals surface area (Å²) in [6, 6.07) is 50.9. The van der Waals surface area contributed by atoms with Crippen molar-refractivity contribution in [3.63, 3.8) is 0 Å². The van der Waals surface area contributed by atoms with Gasteiger partial charge in [0, 0.05) is 0 Å². The summed E-state index contributed by atoms with van der Waals surface area (Å²) in [7, 11) is -2.83. The predicted molar refractivity (Wildman–Crippen MR) is 188 cm³/mol. The zero-order valence-electron chi connectivity index (χ0n) is 25.0. The number of hydrogen-bond donors (Lipinski definition) is 0. The third kappa shape index (κ3) is 3.81. The minimum absolute atomic E-state index is 1.04. The van der Waals surface area contributed by atoms with E-state index in [0.29, 0.717) is 0 Å². The molecule has 0 aromatic heterocycles. The lowest BCUT2D eigenvalue weighted by atomic mass is 10.0. The van der Waals surface area contributed by atoms with Crippen LogP contribution in [0.3, 0.4) is 0 Å². The molecule has 0 atom stereocenters. The molecule has 0 heterocycles. The quantitative estimate of drug-likeness (QED) is 0.176. The summed E-state index contributed by atoms with van der Waals surface area (Å²) >= 11 is 0. The van der Waals surface area contributed by atoms with Gasteiger partial charge in [0.2, 0.25) is 0 Å². The van der Waals surface area contributed by atoms with Crippen LogP contribution in [-0.2, 0) is 12.8 Å². The first-order valence-electron chi connectivity index (χ1n) is 15.8. The molecule has 43 heavy (non-hydrogen) atoms. The van der Waals surface area contributed by atoms with Gasteiger partial charge < -0.3 is 0 Å². The van der Waals surface area contributed by atoms with Crippen LogP contribution in [0.15, 0.2) is 145 Å². The van der Waals surface area contributed by atoms with Gasteiger partial charge in [0.1, 0.15) is 0 Å². The van der Waals surface area contributed by atoms with Crippen molar-refractivity contribution in [1.82, 2.24) is 0 Å². The van der Waals surface area contributed by atoms with Crippen molar-refractivity contribution in [3.8, 4) is 0 Å². The maximum absolute atomic E-state index is 2.83. The van der Waals surface area contributed by atoms with E-state index < -0.39 is 8.07 Å². The summed E-state index contributed by atoms with van der Waals surface area (Å²) in [5.41, 5.74) is 9.22. The summed E-state index contributed by atoms with van der Waals surface area (Å²) in [4.78, 5) is 0. The summed E-state index contributed by atoms with van der Waals surface area (Å²) in [6.07, 6.45) is 4.20. The maximum Gasteiger partial charge on any atom is 0.180 e. The normalized spacial score (nSPS) is 14.6. The summed E-state index contributed by atoms with van der Waals surface area (Å²) < 4.78 is 0. The van der Waals surface area contributed by atoms with Crippen molar-refractivity contribution in [3.05, 3.63) is 167 Å². The molecule has 0 spiro atoms. The molecule has 0 bridgehead atoms. The molecule has 0 N–H and O–H groups in total. The van der Waals surface area contributed by atoms with E-state index in [2.05, 4.69) is 147 Å². The Balaban J connectivity index is 1.61. The third-order valence-electron chi connectivity index (χ3n) is 10.1. The van der Waals surface area contributed by atoms with E-state index in [4.69, 9.17) is 0 Å². The Morgan fingerprint density at radius 1 is 0.442 bits per heavy atom. The van der Waals surface area contributed by atoms with Gasteiger partial charge in [-0.2, -0.15) is 0 Å². The van der Waals surface area contributed by atoms with Crippen molar-refractivity contribution in [1.29, 1.82) is 0 Å². The number of rotatable bonds is 6. The highest BCUT2D eigenvalue weighted by Crippen LogP contribution is 2.52. The van der Waals surface area contributed by atoms with Crippen LogP contribution in [0, 0.1) is 0 Å². The highest BCUT2D eigenvalue weighted by Gasteiger charge is 2.51. The second kappa shape index (κ2) is 10.4. The molecular formula is C42H36Si. The molecule has 0 saturated heterocycles. The van der Waals surface area contributed by atoms with Crippen LogP contribution in [0.5, 0.6) is 0 Å². The molecule has 0 amide bonds. The molecule has 0 unspecified atom stereocenters. The van der Waals surface area contributed by atoms with E-state index in [9.17, 15) is 0 Å². The van der Waals surface area contributed by atoms with Gasteiger partial charge in [-0.1, -0.05) is 158 Å². The first kappa shape index (κ1) is 26.2. The number of fused-ring (bicyclic) bond motifs is 6. The Morgan fingerprint density at radius 2 is 0.837 bits per heavy atom. The van der Waals surface area contributed by atoms with Crippen LogP contribution in [0.25, 0.3) is 31.9 Å². The highest BCUT2D eigenvalue weighted by molar-refractivity contribution is 7.26. The first-order valence-corrected chi connectivity index (χ1v) is 17.8. The Bertz CT molecular complexity index is 1930. The standard InChI is InChI=1S/C42H36Si/c1-3-29-27-33-25-23-31-15-11-13-21-37(31)39(33)41(29)43(35-17-7-5-8-18-35,36-19-9-6-10-20-36)42-30(4-2)28-34-26-24-32-16-12-14-22-38(32)40(34)42/h5-26H,3-4,27-28H2,1-2H3. The number of hydrogen-bond acceptors (Lipinski definition) is 0. The van der Waals surface area contributed by atoms with E-state index in [1.54, 1.807) is 21.5 Å². The Labute approximate surface area is 256 Å². The second-order valence-electron chi connectivity index (χ2n) is 12.1. The monoisotopic (exact) mass is 568 g/mol. The molecule has 0 saturated carbocycles. The summed E-state index contributed by atoms with van der Waals surface area (Å²) in [5, 5.41) is 11.7. The second-order valence-corrected chi connectivity index (χ2v) is 15.8. The lowest BCUT2D eigenvalue weighted by molar-refractivity contribution is 1.04. The molecule has 1 heteroatoms. The van der Waals surface area contributed by atoms with Crippen LogP contribution in [0.2, 0.25) is 0 Å². The molecule has 0 radical (unpaired) electrons. The number of benzene rings is 6. The zero-order valence-corrected chi connectivity index (χ0v) is 26.0. The number of allylic oxidation sites excluding steroid dienone is 2. The van der Waals surface area contributed by atoms with Gasteiger partial charge in [0.15, 0.2) is 8.07 Å². The van der Waals surface area contributed by atoms with Gasteiger partial charge in [0.05, 0.1) is 0 Å². The lowest BCUT2D eigenvalue weighted by Crippen LogP contribution is -2.61. The molecular weight excluding hydrogens is 533 g/mol. The fourth-order valence-corrected chi connectivity index (χ4v) is 14.3. The molecule has 0 nitrogen and oxygen atoms in total. The maximum atomic E-state index is 2.45. The highest BCUT2D eigenvalue weighted by atomic mass is 28.3. The van der Waals surface area contributed by atoms with Crippen LogP contribution >= 0.6 is 0 Å². The summed E-state index contributed by atoms with van der Waals surface area (Å²) in [6.45, 7) is 4.76. The molecule has 6 aromatic rings. The Morgan fingerprint density at radius 3 is 1.26 bits per heavy atom. The Hall–Kier alpha value is -4.46. The van der Waals surface area contributed by atoms with E-state index in [1.165, 1.54) is 54.2 Å². The van der Waals surface area contributed by atoms with Gasteiger partial charge in [-0.25, -0.2) is 0 Å². The van der Waals surface area contributed by atoms with Crippen LogP contribution < -0.4 is 10.4 Å². The van der Waals surface area contributed by atoms with Crippen LogP contribution in [0.4, 0.5) is 0 Å². The summed E-state index contributed by atoms with van der Waals surface area (Å²) in [5.74, 6) is 0. The SMILES string of the molecule is CCC1=C([Si](C2=C(CC)Cc3ccc4ccccc4c32)(c2ccccc2)c2ccccc2)c2c(ccc3ccccc23)C1. The first-order chi connectivity index (χ1) is 21.3. The van der Waals surface area contributed by atoms with E-state index in [1.807, 2.05) is 0 Å². The molecule has 2 aliphatic rings. The molecule has 2 aliphatic carbocycles. The van der Waals surface area contributed by atoms with Crippen molar-refractivity contribution in [2.45, 2.75) is 39.5 Å². The van der Waals surface area contributed by atoms with Gasteiger partial charge in [0.25, 0.3) is 0 Å². The average Bonchev–Trinajstić information content (AvgIpc) is 3.66. The van der Waals surface area contributed by atoms with Crippen molar-refractivity contribution >= 4 is 50.4 Å². The Kier molecular flexibility index (Phi) is 6.31. The molecule has 0 fully saturated rings. The minimum Gasteiger partial charge on any atom is -0.0651 e. The van der Waals surface area contributed by atoms with E-state index in [-0.39, 0.29) is 0 Å². The fourth-order valence-electron chi connectivity index (χ4n) is 8.26. The van der Waals surface area contributed by atoms with Crippen molar-refractivity contribution in [2.75, 3.05) is 0 Å². The van der Waals surface area contributed by atoms with Crippen LogP contribution in [0.1, 0.15) is 48.9 Å². The molecule has 6 aromatic carbocycles. The topological polar surface area (TPSA) is 0 Å². The zero-order chi connectivity index (χ0) is 29.0. The third-order valence-corrected chi connectivity index (χ3v) is 15.2. The van der Waals surface area contributed by atoms with E-state index in [0.717, 1.165) is 25.7 Å². The van der Waals surface area contributed by atoms with Crippen LogP contribution in [-0.4, -0.2) is 8.07 Å². The minimum atomic E-state index is -2.83. The van der Waals surface area contributed by atoms with Gasteiger partial charge in [-0.3, -0.25) is 0 Å². The smallest absolute Gasteiger partial charge is 0.0651 e. The fraction of sp³-hybridized carbons (Fsp3) is 0.143. The predicted octanol–water partition coefficient (Wildman–Crippen LogP) is 9.47. The van der Waals surface area contributed by atoms with Gasteiger partial charge in [-0.05, 0) is 90.2 Å². The molecule has 0 aliphatic heterocycles.